The second-order valence-electron chi connectivity index (χ2n) is 6.34. The largest absolute Gasteiger partial charge is 0.368 e. The van der Waals surface area contributed by atoms with Gasteiger partial charge in [0.2, 0.25) is 11.5 Å². The van der Waals surface area contributed by atoms with Crippen molar-refractivity contribution in [2.45, 2.75) is 27.3 Å². The first-order valence-electron chi connectivity index (χ1n) is 8.75. The van der Waals surface area contributed by atoms with Gasteiger partial charge in [0, 0.05) is 17.6 Å². The highest BCUT2D eigenvalue weighted by Gasteiger charge is 2.09. The van der Waals surface area contributed by atoms with Crippen LogP contribution in [0.3, 0.4) is 0 Å². The van der Waals surface area contributed by atoms with E-state index in [4.69, 9.17) is 0 Å². The predicted octanol–water partition coefficient (Wildman–Crippen LogP) is 4.33. The molecule has 26 heavy (non-hydrogen) atoms. The molecule has 1 aromatic carbocycles. The van der Waals surface area contributed by atoms with Crippen LogP contribution in [0.1, 0.15) is 18.2 Å². The maximum Gasteiger partial charge on any atom is 0.243 e. The number of rotatable bonds is 7. The van der Waals surface area contributed by atoms with Gasteiger partial charge in [0.1, 0.15) is 18.9 Å². The summed E-state index contributed by atoms with van der Waals surface area (Å²) in [5, 5.41) is 11.3. The van der Waals surface area contributed by atoms with Crippen LogP contribution in [0.2, 0.25) is 0 Å². The van der Waals surface area contributed by atoms with Crippen molar-refractivity contribution < 1.29 is 4.57 Å². The third kappa shape index (κ3) is 4.54. The third-order valence-corrected chi connectivity index (χ3v) is 5.07. The Morgan fingerprint density at radius 3 is 2.73 bits per heavy atom. The molecule has 2 heterocycles. The summed E-state index contributed by atoms with van der Waals surface area (Å²) in [6.07, 6.45) is 6.26. The summed E-state index contributed by atoms with van der Waals surface area (Å²) in [6, 6.07) is 6.33. The summed E-state index contributed by atoms with van der Waals surface area (Å²) in [5.41, 5.74) is 4.19. The molecule has 0 aliphatic heterocycles. The van der Waals surface area contributed by atoms with Gasteiger partial charge in [-0.1, -0.05) is 0 Å². The molecule has 0 saturated heterocycles. The van der Waals surface area contributed by atoms with E-state index in [0.29, 0.717) is 5.13 Å². The molecular weight excluding hydrogens is 344 g/mol. The molecule has 0 aliphatic rings. The van der Waals surface area contributed by atoms with Gasteiger partial charge in [0.25, 0.3) is 0 Å². The average molecular weight is 370 g/mol. The Morgan fingerprint density at radius 2 is 2.12 bits per heavy atom. The van der Waals surface area contributed by atoms with Crippen LogP contribution in [0.4, 0.5) is 16.5 Å². The van der Waals surface area contributed by atoms with Crippen molar-refractivity contribution in [2.75, 3.05) is 18.0 Å². The Morgan fingerprint density at radius 1 is 1.27 bits per heavy atom. The number of hydrogen-bond donors (Lipinski definition) is 0. The number of aromatic nitrogens is 3. The van der Waals surface area contributed by atoms with Crippen molar-refractivity contribution in [3.8, 4) is 0 Å². The zero-order chi connectivity index (χ0) is 18.5. The first-order valence-corrected chi connectivity index (χ1v) is 9.63. The van der Waals surface area contributed by atoms with Crippen LogP contribution in [0.5, 0.6) is 0 Å². The summed E-state index contributed by atoms with van der Waals surface area (Å²) in [7, 11) is 2.04. The van der Waals surface area contributed by atoms with Crippen molar-refractivity contribution in [3.05, 3.63) is 53.6 Å². The summed E-state index contributed by atoms with van der Waals surface area (Å²) in [4.78, 5) is 6.69. The van der Waals surface area contributed by atoms with Crippen molar-refractivity contribution in [2.24, 2.45) is 17.3 Å². The fraction of sp³-hybridized carbons (Fsp3) is 0.368. The number of hydrogen-bond acceptors (Lipinski definition) is 5. The second-order valence-corrected chi connectivity index (χ2v) is 7.18. The molecule has 2 aromatic heterocycles. The third-order valence-electron chi connectivity index (χ3n) is 4.23. The molecule has 0 fully saturated rings. The fourth-order valence-corrected chi connectivity index (χ4v) is 3.39. The van der Waals surface area contributed by atoms with E-state index in [2.05, 4.69) is 73.9 Å². The van der Waals surface area contributed by atoms with Gasteiger partial charge in [-0.15, -0.1) is 21.6 Å². The van der Waals surface area contributed by atoms with Crippen LogP contribution in [0, 0.1) is 13.8 Å². The number of imidazole rings is 1. The Hall–Kier alpha value is -2.54. The van der Waals surface area contributed by atoms with Gasteiger partial charge in [0.15, 0.2) is 0 Å². The minimum Gasteiger partial charge on any atom is -0.368 e. The van der Waals surface area contributed by atoms with E-state index in [9.17, 15) is 0 Å². The van der Waals surface area contributed by atoms with Crippen molar-refractivity contribution in [3.63, 3.8) is 0 Å². The number of aryl methyl sites for hydroxylation is 3. The lowest BCUT2D eigenvalue weighted by Crippen LogP contribution is -2.28. The molecule has 0 atom stereocenters. The molecule has 0 aliphatic carbocycles. The van der Waals surface area contributed by atoms with Crippen LogP contribution in [-0.4, -0.2) is 22.6 Å². The van der Waals surface area contributed by atoms with E-state index in [1.165, 1.54) is 17.0 Å². The minimum atomic E-state index is 0.695. The standard InChI is InChI=1S/C19H25N6S/c1-5-25(11-10-24-9-8-23(4)14-24)17-6-7-18(15(2)12-17)21-22-19-20-16(3)13-26-19/h6-9,12-14H,5,10-11H2,1-4H3/q+1/b22-21+. The fourth-order valence-electron chi connectivity index (χ4n) is 2.77. The number of azo groups is 1. The van der Waals surface area contributed by atoms with E-state index < -0.39 is 0 Å². The van der Waals surface area contributed by atoms with Gasteiger partial charge < -0.3 is 4.90 Å². The van der Waals surface area contributed by atoms with Gasteiger partial charge in [-0.2, -0.15) is 0 Å². The van der Waals surface area contributed by atoms with Crippen LogP contribution in [0.15, 0.2) is 52.5 Å². The monoisotopic (exact) mass is 369 g/mol. The van der Waals surface area contributed by atoms with Gasteiger partial charge in [-0.25, -0.2) is 14.1 Å². The van der Waals surface area contributed by atoms with Crippen molar-refractivity contribution >= 4 is 27.8 Å². The molecule has 3 rings (SSSR count). The molecule has 136 valence electrons. The Bertz CT molecular complexity index is 895. The zero-order valence-corrected chi connectivity index (χ0v) is 16.6. The summed E-state index contributed by atoms with van der Waals surface area (Å²) < 4.78 is 4.26. The Kier molecular flexibility index (Phi) is 5.78. The molecule has 0 unspecified atom stereocenters. The van der Waals surface area contributed by atoms with Crippen LogP contribution < -0.4 is 9.47 Å². The van der Waals surface area contributed by atoms with E-state index in [1.807, 2.05) is 25.4 Å². The minimum absolute atomic E-state index is 0.695. The number of thiazole rings is 1. The molecule has 6 nitrogen and oxygen atoms in total. The number of nitrogens with zero attached hydrogens (tertiary/aromatic N) is 6. The number of benzene rings is 1. The molecule has 0 spiro atoms. The van der Waals surface area contributed by atoms with Crippen LogP contribution in [-0.2, 0) is 13.6 Å². The lowest BCUT2D eigenvalue weighted by atomic mass is 10.1. The number of likely N-dealkylation sites (N-methyl/N-ethyl adjacent to an activating group) is 1. The molecule has 0 saturated carbocycles. The lowest BCUT2D eigenvalue weighted by Gasteiger charge is -2.22. The van der Waals surface area contributed by atoms with Gasteiger partial charge >= 0.3 is 0 Å². The second kappa shape index (κ2) is 8.23. The molecule has 0 radical (unpaired) electrons. The highest BCUT2D eigenvalue weighted by atomic mass is 32.1. The van der Waals surface area contributed by atoms with E-state index in [0.717, 1.165) is 36.6 Å². The maximum atomic E-state index is 4.36. The van der Waals surface area contributed by atoms with Gasteiger partial charge in [0.05, 0.1) is 25.0 Å². The first kappa shape index (κ1) is 18.3. The molecular formula is C19H25N6S+. The summed E-state index contributed by atoms with van der Waals surface area (Å²) in [6.45, 7) is 9.10. The SMILES string of the molecule is CCN(CCn1cc[n+](C)c1)c1ccc(/N=N/c2nc(C)cs2)c(C)c1. The predicted molar refractivity (Wildman–Crippen MR) is 106 cm³/mol. The highest BCUT2D eigenvalue weighted by Crippen LogP contribution is 2.27. The average Bonchev–Trinajstić information content (AvgIpc) is 3.23. The normalized spacial score (nSPS) is 11.4. The first-order chi connectivity index (χ1) is 12.5. The molecule has 7 heteroatoms. The lowest BCUT2D eigenvalue weighted by molar-refractivity contribution is -0.671. The quantitative estimate of drug-likeness (QED) is 0.460. The molecule has 0 N–H and O–H groups in total. The maximum absolute atomic E-state index is 4.36. The topological polar surface area (TPSA) is 49.7 Å². The van der Waals surface area contributed by atoms with Crippen molar-refractivity contribution in [1.82, 2.24) is 9.55 Å². The van der Waals surface area contributed by atoms with Gasteiger partial charge in [-0.05, 0) is 44.5 Å². The number of anilines is 1. The van der Waals surface area contributed by atoms with E-state index in [-0.39, 0.29) is 0 Å². The zero-order valence-electron chi connectivity index (χ0n) is 15.8. The van der Waals surface area contributed by atoms with E-state index >= 15 is 0 Å². The van der Waals surface area contributed by atoms with Gasteiger partial charge in [-0.3, -0.25) is 0 Å². The highest BCUT2D eigenvalue weighted by molar-refractivity contribution is 7.13. The molecule has 3 aromatic rings. The van der Waals surface area contributed by atoms with E-state index in [1.54, 1.807) is 0 Å². The Balaban J connectivity index is 1.69. The summed E-state index contributed by atoms with van der Waals surface area (Å²) in [5.74, 6) is 0. The van der Waals surface area contributed by atoms with Crippen LogP contribution >= 0.6 is 11.3 Å². The smallest absolute Gasteiger partial charge is 0.243 e. The molecule has 0 amide bonds. The molecule has 0 bridgehead atoms. The van der Waals surface area contributed by atoms with Crippen LogP contribution in [0.25, 0.3) is 0 Å². The Labute approximate surface area is 158 Å². The van der Waals surface area contributed by atoms with Crippen molar-refractivity contribution in [1.29, 1.82) is 0 Å². The summed E-state index contributed by atoms with van der Waals surface area (Å²) >= 11 is 1.51.